The maximum absolute atomic E-state index is 6.49. The number of hydrogen-bond acceptors (Lipinski definition) is 6. The van der Waals surface area contributed by atoms with Crippen molar-refractivity contribution in [1.82, 2.24) is 0 Å². The molecule has 0 radical (unpaired) electrons. The Bertz CT molecular complexity index is 525. The van der Waals surface area contributed by atoms with Crippen LogP contribution in [0.1, 0.15) is 78.1 Å². The minimum Gasteiger partial charge on any atom is -0.370 e. The van der Waals surface area contributed by atoms with Crippen LogP contribution in [0.3, 0.4) is 0 Å². The molecule has 0 bridgehead atoms. The summed E-state index contributed by atoms with van der Waals surface area (Å²) in [6, 6.07) is 0. The Kier molecular flexibility index (Phi) is 5.02. The summed E-state index contributed by atoms with van der Waals surface area (Å²) in [5, 5.41) is 0. The minimum absolute atomic E-state index is 0.0947. The van der Waals surface area contributed by atoms with E-state index in [1.807, 2.05) is 0 Å². The SMILES string of the molecule is CC(C)O[C@H]1[C@H]2OC3(CCCCC3)O[C@@H]2O[C@@H]1[C@@H]1COC2(CCCCC2)O1. The van der Waals surface area contributed by atoms with Crippen molar-refractivity contribution in [3.8, 4) is 0 Å². The van der Waals surface area contributed by atoms with Crippen LogP contribution < -0.4 is 0 Å². The zero-order chi connectivity index (χ0) is 18.5. The Labute approximate surface area is 162 Å². The monoisotopic (exact) mass is 382 g/mol. The summed E-state index contributed by atoms with van der Waals surface area (Å²) in [6.45, 7) is 4.68. The summed E-state index contributed by atoms with van der Waals surface area (Å²) in [6.07, 6.45) is 10.1. The first-order valence-electron chi connectivity index (χ1n) is 11.1. The maximum Gasteiger partial charge on any atom is 0.190 e. The van der Waals surface area contributed by atoms with Gasteiger partial charge in [-0.3, -0.25) is 0 Å². The summed E-state index contributed by atoms with van der Waals surface area (Å²) >= 11 is 0. The molecule has 0 amide bonds. The molecular weight excluding hydrogens is 348 g/mol. The molecule has 0 unspecified atom stereocenters. The second-order valence-corrected chi connectivity index (χ2v) is 9.23. The average Bonchev–Trinajstić information content (AvgIpc) is 3.29. The fourth-order valence-electron chi connectivity index (χ4n) is 5.54. The van der Waals surface area contributed by atoms with E-state index in [0.717, 1.165) is 38.5 Å². The summed E-state index contributed by atoms with van der Waals surface area (Å²) in [5.74, 6) is -0.868. The Morgan fingerprint density at radius 1 is 0.778 bits per heavy atom. The first-order valence-corrected chi connectivity index (χ1v) is 11.1. The number of fused-ring (bicyclic) bond motifs is 1. The second kappa shape index (κ2) is 7.22. The van der Waals surface area contributed by atoms with Crippen molar-refractivity contribution in [3.63, 3.8) is 0 Å². The molecule has 5 atom stereocenters. The van der Waals surface area contributed by atoms with E-state index < -0.39 is 11.6 Å². The van der Waals surface area contributed by atoms with Crippen molar-refractivity contribution in [2.24, 2.45) is 0 Å². The Morgan fingerprint density at radius 3 is 2.11 bits per heavy atom. The van der Waals surface area contributed by atoms with Crippen LogP contribution in [0.15, 0.2) is 0 Å². The molecule has 154 valence electrons. The lowest BCUT2D eigenvalue weighted by atomic mass is 9.94. The summed E-state index contributed by atoms with van der Waals surface area (Å²) in [7, 11) is 0. The highest BCUT2D eigenvalue weighted by Crippen LogP contribution is 2.48. The van der Waals surface area contributed by atoms with Crippen molar-refractivity contribution in [2.45, 2.75) is 126 Å². The van der Waals surface area contributed by atoms with Gasteiger partial charge in [-0.05, 0) is 39.5 Å². The predicted molar refractivity (Wildman–Crippen MR) is 97.1 cm³/mol. The van der Waals surface area contributed by atoms with Crippen LogP contribution >= 0.6 is 0 Å². The van der Waals surface area contributed by atoms with Gasteiger partial charge in [-0.15, -0.1) is 0 Å². The Balaban J connectivity index is 1.30. The minimum atomic E-state index is -0.464. The van der Waals surface area contributed by atoms with Gasteiger partial charge in [0.2, 0.25) is 0 Å². The zero-order valence-electron chi connectivity index (χ0n) is 16.7. The topological polar surface area (TPSA) is 55.4 Å². The summed E-state index contributed by atoms with van der Waals surface area (Å²) in [5.41, 5.74) is 0. The van der Waals surface area contributed by atoms with Crippen LogP contribution in [0.25, 0.3) is 0 Å². The van der Waals surface area contributed by atoms with Crippen molar-refractivity contribution >= 4 is 0 Å². The third-order valence-electron chi connectivity index (χ3n) is 6.79. The van der Waals surface area contributed by atoms with Gasteiger partial charge in [0, 0.05) is 25.7 Å². The third kappa shape index (κ3) is 3.47. The molecule has 6 nitrogen and oxygen atoms in total. The molecule has 0 aromatic rings. The van der Waals surface area contributed by atoms with Crippen LogP contribution in [0, 0.1) is 0 Å². The van der Waals surface area contributed by atoms with Crippen molar-refractivity contribution < 1.29 is 28.4 Å². The fourth-order valence-corrected chi connectivity index (χ4v) is 5.54. The lowest BCUT2D eigenvalue weighted by molar-refractivity contribution is -0.264. The second-order valence-electron chi connectivity index (χ2n) is 9.23. The molecule has 2 saturated carbocycles. The standard InChI is InChI=1S/C21H34O6/c1-14(2)23-17-16(15-13-22-20(25-15)9-5-3-6-10-20)24-19-18(17)26-21(27-19)11-7-4-8-12-21/h14-19H,3-13H2,1-2H3/t15-,16+,17+,18+,19-/m0/s1. The van der Waals surface area contributed by atoms with E-state index in [-0.39, 0.29) is 36.8 Å². The van der Waals surface area contributed by atoms with E-state index in [1.54, 1.807) is 0 Å². The van der Waals surface area contributed by atoms with Gasteiger partial charge in [0.05, 0.1) is 12.7 Å². The quantitative estimate of drug-likeness (QED) is 0.743. The van der Waals surface area contributed by atoms with Gasteiger partial charge < -0.3 is 28.4 Å². The van der Waals surface area contributed by atoms with E-state index in [2.05, 4.69) is 13.8 Å². The highest BCUT2D eigenvalue weighted by molar-refractivity contribution is 5.01. The zero-order valence-corrected chi connectivity index (χ0v) is 16.7. The highest BCUT2D eigenvalue weighted by Gasteiger charge is 2.61. The van der Waals surface area contributed by atoms with Crippen LogP contribution in [0.4, 0.5) is 0 Å². The van der Waals surface area contributed by atoms with Crippen LogP contribution in [-0.4, -0.2) is 55.0 Å². The first kappa shape index (κ1) is 18.8. The van der Waals surface area contributed by atoms with Crippen LogP contribution in [0.2, 0.25) is 0 Å². The largest absolute Gasteiger partial charge is 0.370 e. The third-order valence-corrected chi connectivity index (χ3v) is 6.79. The van der Waals surface area contributed by atoms with E-state index in [9.17, 15) is 0 Å². The average molecular weight is 382 g/mol. The smallest absolute Gasteiger partial charge is 0.190 e. The molecule has 5 fully saturated rings. The van der Waals surface area contributed by atoms with E-state index >= 15 is 0 Å². The first-order chi connectivity index (χ1) is 13.1. The lowest BCUT2D eigenvalue weighted by Crippen LogP contribution is -2.46. The van der Waals surface area contributed by atoms with E-state index in [0.29, 0.717) is 6.61 Å². The van der Waals surface area contributed by atoms with Gasteiger partial charge >= 0.3 is 0 Å². The number of rotatable bonds is 3. The molecule has 0 aromatic carbocycles. The maximum atomic E-state index is 6.49. The van der Waals surface area contributed by atoms with Gasteiger partial charge in [-0.2, -0.15) is 0 Å². The molecule has 5 aliphatic rings. The van der Waals surface area contributed by atoms with Crippen molar-refractivity contribution in [2.75, 3.05) is 6.61 Å². The molecule has 0 aromatic heterocycles. The normalized spacial score (nSPS) is 43.0. The molecular formula is C21H34O6. The molecule has 2 aliphatic carbocycles. The highest BCUT2D eigenvalue weighted by atomic mass is 16.9. The fraction of sp³-hybridized carbons (Fsp3) is 1.00. The number of hydrogen-bond donors (Lipinski definition) is 0. The molecule has 3 heterocycles. The van der Waals surface area contributed by atoms with Gasteiger partial charge in [0.15, 0.2) is 17.9 Å². The van der Waals surface area contributed by atoms with Crippen molar-refractivity contribution in [3.05, 3.63) is 0 Å². The Hall–Kier alpha value is -0.240. The molecule has 3 aliphatic heterocycles. The van der Waals surface area contributed by atoms with Gasteiger partial charge in [0.1, 0.15) is 24.4 Å². The van der Waals surface area contributed by atoms with Gasteiger partial charge in [0.25, 0.3) is 0 Å². The van der Waals surface area contributed by atoms with Crippen LogP contribution in [0.5, 0.6) is 0 Å². The van der Waals surface area contributed by atoms with Gasteiger partial charge in [-0.25, -0.2) is 0 Å². The molecule has 5 rings (SSSR count). The van der Waals surface area contributed by atoms with Gasteiger partial charge in [-0.1, -0.05) is 12.8 Å². The lowest BCUT2D eigenvalue weighted by Gasteiger charge is -2.36. The molecule has 27 heavy (non-hydrogen) atoms. The van der Waals surface area contributed by atoms with Crippen molar-refractivity contribution in [1.29, 1.82) is 0 Å². The van der Waals surface area contributed by atoms with E-state index in [4.69, 9.17) is 28.4 Å². The summed E-state index contributed by atoms with van der Waals surface area (Å²) < 4.78 is 38.1. The molecule has 3 saturated heterocycles. The summed E-state index contributed by atoms with van der Waals surface area (Å²) in [4.78, 5) is 0. The molecule has 2 spiro atoms. The number of ether oxygens (including phenoxy) is 6. The molecule has 6 heteroatoms. The van der Waals surface area contributed by atoms with E-state index in [1.165, 1.54) is 25.7 Å². The van der Waals surface area contributed by atoms with Crippen LogP contribution in [-0.2, 0) is 28.4 Å². The predicted octanol–water partition coefficient (Wildman–Crippen LogP) is 3.66. The molecule has 0 N–H and O–H groups in total. The Morgan fingerprint density at radius 2 is 1.44 bits per heavy atom.